The van der Waals surface area contributed by atoms with E-state index in [0.717, 1.165) is 6.42 Å². The molecule has 0 bridgehead atoms. The van der Waals surface area contributed by atoms with Gasteiger partial charge in [-0.25, -0.2) is 0 Å². The summed E-state index contributed by atoms with van der Waals surface area (Å²) in [5.74, 6) is 0. The van der Waals surface area contributed by atoms with E-state index in [1.54, 1.807) is 0 Å². The number of hydrogen-bond donors (Lipinski definition) is 1. The molecule has 0 fully saturated rings. The highest BCUT2D eigenvalue weighted by atomic mass is 14.9. The first-order valence-corrected chi connectivity index (χ1v) is 7.08. The van der Waals surface area contributed by atoms with Crippen LogP contribution in [0.2, 0.25) is 0 Å². The largest absolute Gasteiger partial charge is 0.309 e. The van der Waals surface area contributed by atoms with Crippen LogP contribution < -0.4 is 5.32 Å². The zero-order valence-electron chi connectivity index (χ0n) is 12.1. The molecular formula is C18H23N. The van der Waals surface area contributed by atoms with Gasteiger partial charge in [-0.1, -0.05) is 61.9 Å². The summed E-state index contributed by atoms with van der Waals surface area (Å²) in [4.78, 5) is 0. The highest BCUT2D eigenvalue weighted by Gasteiger charge is 2.13. The van der Waals surface area contributed by atoms with Gasteiger partial charge in [0.2, 0.25) is 0 Å². The van der Waals surface area contributed by atoms with E-state index in [9.17, 15) is 0 Å². The molecule has 19 heavy (non-hydrogen) atoms. The summed E-state index contributed by atoms with van der Waals surface area (Å²) in [5.41, 5.74) is 5.44. The van der Waals surface area contributed by atoms with E-state index in [2.05, 4.69) is 67.7 Å². The predicted molar refractivity (Wildman–Crippen MR) is 82.5 cm³/mol. The highest BCUT2D eigenvalue weighted by Crippen LogP contribution is 2.24. The van der Waals surface area contributed by atoms with E-state index < -0.39 is 0 Å². The standard InChI is InChI=1S/C18H23N/c1-4-7-15-10-12-16(13-11-15)18(19-3)17-9-6-5-8-14(17)2/h5-6,8-13,18-19H,4,7H2,1-3H3. The minimum Gasteiger partial charge on any atom is -0.309 e. The normalized spacial score (nSPS) is 12.4. The van der Waals surface area contributed by atoms with Crippen molar-refractivity contribution in [2.75, 3.05) is 7.05 Å². The predicted octanol–water partition coefficient (Wildman–Crippen LogP) is 4.26. The van der Waals surface area contributed by atoms with E-state index in [1.165, 1.54) is 28.7 Å². The maximum absolute atomic E-state index is 3.43. The Balaban J connectivity index is 2.29. The molecule has 1 N–H and O–H groups in total. The summed E-state index contributed by atoms with van der Waals surface area (Å²) < 4.78 is 0. The molecule has 2 aromatic carbocycles. The van der Waals surface area contributed by atoms with Gasteiger partial charge >= 0.3 is 0 Å². The zero-order chi connectivity index (χ0) is 13.7. The molecule has 1 unspecified atom stereocenters. The number of nitrogens with one attached hydrogen (secondary N) is 1. The number of hydrogen-bond acceptors (Lipinski definition) is 1. The molecule has 0 aliphatic heterocycles. The molecule has 0 saturated heterocycles. The van der Waals surface area contributed by atoms with Crippen molar-refractivity contribution in [3.05, 3.63) is 70.8 Å². The van der Waals surface area contributed by atoms with E-state index in [0.29, 0.717) is 0 Å². The fourth-order valence-electron chi connectivity index (χ4n) is 2.58. The monoisotopic (exact) mass is 253 g/mol. The van der Waals surface area contributed by atoms with E-state index in [-0.39, 0.29) is 6.04 Å². The minimum absolute atomic E-state index is 0.275. The first-order chi connectivity index (χ1) is 9.26. The molecule has 0 amide bonds. The van der Waals surface area contributed by atoms with Crippen molar-refractivity contribution in [3.63, 3.8) is 0 Å². The molecule has 0 saturated carbocycles. The topological polar surface area (TPSA) is 12.0 Å². The summed E-state index contributed by atoms with van der Waals surface area (Å²) in [6.45, 7) is 4.39. The van der Waals surface area contributed by atoms with Crippen molar-refractivity contribution in [2.45, 2.75) is 32.7 Å². The fourth-order valence-corrected chi connectivity index (χ4v) is 2.58. The third-order valence-corrected chi connectivity index (χ3v) is 3.64. The van der Waals surface area contributed by atoms with Crippen molar-refractivity contribution in [1.29, 1.82) is 0 Å². The van der Waals surface area contributed by atoms with Crippen LogP contribution in [0.4, 0.5) is 0 Å². The molecular weight excluding hydrogens is 230 g/mol. The van der Waals surface area contributed by atoms with Gasteiger partial charge in [0.15, 0.2) is 0 Å². The lowest BCUT2D eigenvalue weighted by Crippen LogP contribution is -2.18. The van der Waals surface area contributed by atoms with Gasteiger partial charge in [0.05, 0.1) is 6.04 Å². The van der Waals surface area contributed by atoms with Crippen LogP contribution in [-0.4, -0.2) is 7.05 Å². The first kappa shape index (κ1) is 13.8. The second kappa shape index (κ2) is 6.53. The first-order valence-electron chi connectivity index (χ1n) is 7.08. The summed E-state index contributed by atoms with van der Waals surface area (Å²) in [5, 5.41) is 3.43. The van der Waals surface area contributed by atoms with Gasteiger partial charge in [-0.3, -0.25) is 0 Å². The van der Waals surface area contributed by atoms with Gasteiger partial charge in [0.25, 0.3) is 0 Å². The van der Waals surface area contributed by atoms with Crippen LogP contribution in [0, 0.1) is 6.92 Å². The van der Waals surface area contributed by atoms with Crippen molar-refractivity contribution in [1.82, 2.24) is 5.32 Å². The minimum atomic E-state index is 0.275. The van der Waals surface area contributed by atoms with Crippen LogP contribution in [-0.2, 0) is 6.42 Å². The zero-order valence-corrected chi connectivity index (χ0v) is 12.1. The van der Waals surface area contributed by atoms with Gasteiger partial charge < -0.3 is 5.32 Å². The SMILES string of the molecule is CCCc1ccc(C(NC)c2ccccc2C)cc1. The number of benzene rings is 2. The highest BCUT2D eigenvalue weighted by molar-refractivity contribution is 5.37. The van der Waals surface area contributed by atoms with Crippen LogP contribution in [0.5, 0.6) is 0 Å². The Kier molecular flexibility index (Phi) is 4.75. The maximum Gasteiger partial charge on any atom is 0.0576 e. The Morgan fingerprint density at radius 3 is 2.26 bits per heavy atom. The summed E-state index contributed by atoms with van der Waals surface area (Å²) in [7, 11) is 2.02. The van der Waals surface area contributed by atoms with Crippen molar-refractivity contribution in [2.24, 2.45) is 0 Å². The molecule has 2 rings (SSSR count). The van der Waals surface area contributed by atoms with Crippen molar-refractivity contribution < 1.29 is 0 Å². The van der Waals surface area contributed by atoms with Crippen molar-refractivity contribution in [3.8, 4) is 0 Å². The van der Waals surface area contributed by atoms with Gasteiger partial charge in [-0.2, -0.15) is 0 Å². The molecule has 1 heteroatoms. The lowest BCUT2D eigenvalue weighted by Gasteiger charge is -2.19. The molecule has 0 aliphatic rings. The van der Waals surface area contributed by atoms with Crippen LogP contribution in [0.15, 0.2) is 48.5 Å². The number of rotatable bonds is 5. The molecule has 0 spiro atoms. The second-order valence-electron chi connectivity index (χ2n) is 5.07. The van der Waals surface area contributed by atoms with Crippen LogP contribution in [0.3, 0.4) is 0 Å². The van der Waals surface area contributed by atoms with E-state index in [1.807, 2.05) is 7.05 Å². The molecule has 0 aromatic heterocycles. The molecule has 0 aliphatic carbocycles. The summed E-state index contributed by atoms with van der Waals surface area (Å²) >= 11 is 0. The molecule has 1 nitrogen and oxygen atoms in total. The Morgan fingerprint density at radius 2 is 1.68 bits per heavy atom. The quantitative estimate of drug-likeness (QED) is 0.839. The van der Waals surface area contributed by atoms with Crippen LogP contribution in [0.1, 0.15) is 41.6 Å². The lowest BCUT2D eigenvalue weighted by molar-refractivity contribution is 0.687. The summed E-state index contributed by atoms with van der Waals surface area (Å²) in [6, 6.07) is 17.9. The number of aryl methyl sites for hydroxylation is 2. The Hall–Kier alpha value is -1.60. The Labute approximate surface area is 116 Å². The summed E-state index contributed by atoms with van der Waals surface area (Å²) in [6.07, 6.45) is 2.36. The average Bonchev–Trinajstić information content (AvgIpc) is 2.44. The Morgan fingerprint density at radius 1 is 1.00 bits per heavy atom. The van der Waals surface area contributed by atoms with Crippen molar-refractivity contribution >= 4 is 0 Å². The molecule has 1 atom stereocenters. The molecule has 2 aromatic rings. The third kappa shape index (κ3) is 3.24. The van der Waals surface area contributed by atoms with Gasteiger partial charge in [0.1, 0.15) is 0 Å². The van der Waals surface area contributed by atoms with E-state index >= 15 is 0 Å². The van der Waals surface area contributed by atoms with Crippen LogP contribution >= 0.6 is 0 Å². The molecule has 100 valence electrons. The van der Waals surface area contributed by atoms with Gasteiger partial charge in [0, 0.05) is 0 Å². The third-order valence-electron chi connectivity index (χ3n) is 3.64. The van der Waals surface area contributed by atoms with Crippen LogP contribution in [0.25, 0.3) is 0 Å². The molecule has 0 heterocycles. The fraction of sp³-hybridized carbons (Fsp3) is 0.333. The Bertz CT molecular complexity index is 513. The maximum atomic E-state index is 3.43. The molecule has 0 radical (unpaired) electrons. The van der Waals surface area contributed by atoms with Gasteiger partial charge in [-0.15, -0.1) is 0 Å². The van der Waals surface area contributed by atoms with Gasteiger partial charge in [-0.05, 0) is 42.6 Å². The average molecular weight is 253 g/mol. The second-order valence-corrected chi connectivity index (χ2v) is 5.07. The van der Waals surface area contributed by atoms with E-state index in [4.69, 9.17) is 0 Å². The smallest absolute Gasteiger partial charge is 0.0576 e. The lowest BCUT2D eigenvalue weighted by atomic mass is 9.94.